The highest BCUT2D eigenvalue weighted by Crippen LogP contribution is 2.39. The quantitative estimate of drug-likeness (QED) is 0.407. The number of rotatable bonds is 8. The van der Waals surface area contributed by atoms with E-state index < -0.39 is 46.8 Å². The van der Waals surface area contributed by atoms with Gasteiger partial charge in [0.1, 0.15) is 0 Å². The maximum atomic E-state index is 12.2. The van der Waals surface area contributed by atoms with Crippen LogP contribution in [-0.4, -0.2) is 46.8 Å². The summed E-state index contributed by atoms with van der Waals surface area (Å²) in [7, 11) is 0. The molecular formula is C16H27NO7. The number of aliphatic carboxylic acids is 1. The van der Waals surface area contributed by atoms with E-state index in [1.165, 1.54) is 0 Å². The Bertz CT molecular complexity index is 463. The molecule has 1 fully saturated rings. The van der Waals surface area contributed by atoms with Crippen LogP contribution in [0, 0.1) is 27.9 Å². The third-order valence-electron chi connectivity index (χ3n) is 4.82. The monoisotopic (exact) mass is 345 g/mol. The van der Waals surface area contributed by atoms with E-state index in [4.69, 9.17) is 9.47 Å². The third-order valence-corrected chi connectivity index (χ3v) is 4.82. The predicted octanol–water partition coefficient (Wildman–Crippen LogP) is 2.13. The van der Waals surface area contributed by atoms with Gasteiger partial charge in [0.05, 0.1) is 24.7 Å². The molecule has 0 amide bonds. The molecule has 0 heterocycles. The number of carboxylic acids is 1. The highest BCUT2D eigenvalue weighted by molar-refractivity contribution is 5.76. The molecule has 0 saturated heterocycles. The number of nitro groups is 1. The van der Waals surface area contributed by atoms with Crippen molar-refractivity contribution in [1.82, 2.24) is 0 Å². The number of hydrogen-bond acceptors (Lipinski definition) is 6. The second-order valence-corrected chi connectivity index (χ2v) is 6.21. The highest BCUT2D eigenvalue weighted by Gasteiger charge is 2.55. The number of hydrogen-bond donors (Lipinski definition) is 1. The van der Waals surface area contributed by atoms with E-state index in [-0.39, 0.29) is 19.1 Å². The van der Waals surface area contributed by atoms with Gasteiger partial charge in [0.2, 0.25) is 6.04 Å². The van der Waals surface area contributed by atoms with E-state index >= 15 is 0 Å². The van der Waals surface area contributed by atoms with Gasteiger partial charge in [0.25, 0.3) is 0 Å². The minimum absolute atomic E-state index is 0.146. The van der Waals surface area contributed by atoms with Crippen molar-refractivity contribution in [2.45, 2.75) is 65.2 Å². The Morgan fingerprint density at radius 3 is 2.29 bits per heavy atom. The molecule has 138 valence electrons. The molecule has 0 radical (unpaired) electrons. The van der Waals surface area contributed by atoms with E-state index in [1.54, 1.807) is 13.8 Å². The number of carboxylic acid groups (broad SMARTS) is 1. The van der Waals surface area contributed by atoms with Crippen molar-refractivity contribution in [3.05, 3.63) is 10.1 Å². The van der Waals surface area contributed by atoms with Gasteiger partial charge >= 0.3 is 11.9 Å². The normalized spacial score (nSPS) is 30.1. The van der Waals surface area contributed by atoms with Crippen LogP contribution in [0.5, 0.6) is 0 Å². The van der Waals surface area contributed by atoms with Crippen LogP contribution in [0.2, 0.25) is 0 Å². The van der Waals surface area contributed by atoms with Crippen molar-refractivity contribution in [2.24, 2.45) is 17.8 Å². The number of carbonyl (C=O) groups is 2. The smallest absolute Gasteiger partial charge is 0.316 e. The first-order valence-electron chi connectivity index (χ1n) is 8.46. The minimum atomic E-state index is -1.37. The van der Waals surface area contributed by atoms with Crippen molar-refractivity contribution in [3.8, 4) is 0 Å². The van der Waals surface area contributed by atoms with Gasteiger partial charge in [-0.3, -0.25) is 19.7 Å². The molecule has 1 rings (SSSR count). The minimum Gasteiger partial charge on any atom is -0.481 e. The topological polar surface area (TPSA) is 116 Å². The third kappa shape index (κ3) is 4.43. The summed E-state index contributed by atoms with van der Waals surface area (Å²) in [6.45, 7) is 7.36. The Kier molecular flexibility index (Phi) is 7.59. The average molecular weight is 345 g/mol. The molecule has 0 aromatic rings. The largest absolute Gasteiger partial charge is 0.481 e. The lowest BCUT2D eigenvalue weighted by molar-refractivity contribution is -0.538. The second kappa shape index (κ2) is 8.96. The van der Waals surface area contributed by atoms with Gasteiger partial charge in [-0.1, -0.05) is 20.8 Å². The molecule has 0 spiro atoms. The molecule has 1 aliphatic rings. The molecule has 8 heteroatoms. The molecule has 0 aliphatic heterocycles. The molecule has 0 bridgehead atoms. The Labute approximate surface area is 141 Å². The number of nitrogens with zero attached hydrogens (tertiary/aromatic N) is 1. The van der Waals surface area contributed by atoms with Crippen LogP contribution < -0.4 is 0 Å². The zero-order valence-electron chi connectivity index (χ0n) is 14.6. The fraction of sp³-hybridized carbons (Fsp3) is 0.875. The Balaban J connectivity index is 3.19. The molecule has 0 aromatic heterocycles. The molecule has 5 atom stereocenters. The van der Waals surface area contributed by atoms with Gasteiger partial charge in [-0.05, 0) is 25.7 Å². The summed E-state index contributed by atoms with van der Waals surface area (Å²) in [6, 6.07) is -1.37. The SMILES string of the molecule is CCOC(=O)[C@@H]1C[C@H]([N+](=O)[O-])[C@@H](C(=O)O)[C@H](OC(CC)CC)[C@@H]1C. The van der Waals surface area contributed by atoms with E-state index in [1.807, 2.05) is 13.8 Å². The standard InChI is InChI=1S/C16H27NO7/c1-5-10(6-2)24-14-9(4)11(16(20)23-7-3)8-12(17(21)22)13(14)15(18)19/h9-14H,5-8H2,1-4H3,(H,18,19)/t9-,11-,12+,13-,14-/m1/s1. The second-order valence-electron chi connectivity index (χ2n) is 6.21. The maximum Gasteiger partial charge on any atom is 0.316 e. The summed E-state index contributed by atoms with van der Waals surface area (Å²) in [5, 5.41) is 20.9. The van der Waals surface area contributed by atoms with Gasteiger partial charge < -0.3 is 14.6 Å². The number of carbonyl (C=O) groups excluding carboxylic acids is 1. The number of esters is 1. The Morgan fingerprint density at radius 1 is 1.29 bits per heavy atom. The maximum absolute atomic E-state index is 12.2. The molecular weight excluding hydrogens is 318 g/mol. The molecule has 0 unspecified atom stereocenters. The van der Waals surface area contributed by atoms with E-state index in [2.05, 4.69) is 0 Å². The van der Waals surface area contributed by atoms with Crippen molar-refractivity contribution < 1.29 is 29.1 Å². The van der Waals surface area contributed by atoms with E-state index in [0.29, 0.717) is 12.8 Å². The lowest BCUT2D eigenvalue weighted by atomic mass is 9.69. The summed E-state index contributed by atoms with van der Waals surface area (Å²) < 4.78 is 10.9. The summed E-state index contributed by atoms with van der Waals surface area (Å²) >= 11 is 0. The Morgan fingerprint density at radius 2 is 1.88 bits per heavy atom. The number of ether oxygens (including phenoxy) is 2. The molecule has 1 N–H and O–H groups in total. The molecule has 0 aromatic carbocycles. The van der Waals surface area contributed by atoms with E-state index in [0.717, 1.165) is 0 Å². The predicted molar refractivity (Wildman–Crippen MR) is 85.1 cm³/mol. The summed E-state index contributed by atoms with van der Waals surface area (Å²) in [5.74, 6) is -4.28. The molecule has 1 aliphatic carbocycles. The van der Waals surface area contributed by atoms with Crippen LogP contribution in [0.1, 0.15) is 47.0 Å². The van der Waals surface area contributed by atoms with Crippen molar-refractivity contribution in [2.75, 3.05) is 6.61 Å². The zero-order chi connectivity index (χ0) is 18.4. The van der Waals surface area contributed by atoms with Crippen LogP contribution in [0.4, 0.5) is 0 Å². The first kappa shape index (κ1) is 20.3. The lowest BCUT2D eigenvalue weighted by Crippen LogP contribution is -2.55. The Hall–Kier alpha value is -1.70. The first-order chi connectivity index (χ1) is 11.3. The van der Waals surface area contributed by atoms with Gasteiger partial charge in [0.15, 0.2) is 5.92 Å². The van der Waals surface area contributed by atoms with Crippen LogP contribution in [0.15, 0.2) is 0 Å². The average Bonchev–Trinajstić information content (AvgIpc) is 2.52. The summed E-state index contributed by atoms with van der Waals surface area (Å²) in [4.78, 5) is 34.7. The van der Waals surface area contributed by atoms with Crippen LogP contribution in [-0.2, 0) is 19.1 Å². The first-order valence-corrected chi connectivity index (χ1v) is 8.46. The van der Waals surface area contributed by atoms with Crippen molar-refractivity contribution >= 4 is 11.9 Å². The van der Waals surface area contributed by atoms with Gasteiger partial charge in [-0.25, -0.2) is 0 Å². The lowest BCUT2D eigenvalue weighted by Gasteiger charge is -2.40. The molecule has 1 saturated carbocycles. The van der Waals surface area contributed by atoms with Gasteiger partial charge in [-0.2, -0.15) is 0 Å². The van der Waals surface area contributed by atoms with Gasteiger partial charge in [-0.15, -0.1) is 0 Å². The summed E-state index contributed by atoms with van der Waals surface area (Å²) in [6.07, 6.45) is 0.0873. The fourth-order valence-corrected chi connectivity index (χ4v) is 3.39. The van der Waals surface area contributed by atoms with Crippen LogP contribution in [0.25, 0.3) is 0 Å². The van der Waals surface area contributed by atoms with Crippen molar-refractivity contribution in [3.63, 3.8) is 0 Å². The van der Waals surface area contributed by atoms with Crippen LogP contribution >= 0.6 is 0 Å². The zero-order valence-corrected chi connectivity index (χ0v) is 14.6. The fourth-order valence-electron chi connectivity index (χ4n) is 3.39. The molecule has 24 heavy (non-hydrogen) atoms. The highest BCUT2D eigenvalue weighted by atomic mass is 16.6. The molecule has 8 nitrogen and oxygen atoms in total. The summed E-state index contributed by atoms with van der Waals surface area (Å²) in [5.41, 5.74) is 0. The van der Waals surface area contributed by atoms with Gasteiger partial charge in [0, 0.05) is 11.3 Å². The van der Waals surface area contributed by atoms with E-state index in [9.17, 15) is 24.8 Å². The van der Waals surface area contributed by atoms with Crippen molar-refractivity contribution in [1.29, 1.82) is 0 Å². The van der Waals surface area contributed by atoms with Crippen LogP contribution in [0.3, 0.4) is 0 Å².